The van der Waals surface area contributed by atoms with Gasteiger partial charge in [-0.2, -0.15) is 0 Å². The van der Waals surface area contributed by atoms with Gasteiger partial charge in [-0.15, -0.1) is 0 Å². The van der Waals surface area contributed by atoms with Crippen LogP contribution in [0.25, 0.3) is 0 Å². The number of carbonyl (C=O) groups is 2. The zero-order chi connectivity index (χ0) is 17.3. The van der Waals surface area contributed by atoms with E-state index in [2.05, 4.69) is 13.8 Å². The van der Waals surface area contributed by atoms with Crippen molar-refractivity contribution in [2.45, 2.75) is 71.9 Å². The second kappa shape index (κ2) is 5.25. The predicted octanol–water partition coefficient (Wildman–Crippen LogP) is 4.67. The van der Waals surface area contributed by atoms with E-state index in [1.54, 1.807) is 13.0 Å². The van der Waals surface area contributed by atoms with Gasteiger partial charge in [0.1, 0.15) is 12.0 Å². The Labute approximate surface area is 144 Å². The molecular formula is C21H29FO2. The Bertz CT molecular complexity index is 623. The molecule has 24 heavy (non-hydrogen) atoms. The molecule has 2 nitrogen and oxygen atoms in total. The number of carbonyl (C=O) groups excluding carboxylic acids is 2. The number of fused-ring (bicyclic) bond motifs is 5. The van der Waals surface area contributed by atoms with Crippen LogP contribution in [0.2, 0.25) is 0 Å². The summed E-state index contributed by atoms with van der Waals surface area (Å²) < 4.78 is 15.1. The van der Waals surface area contributed by atoms with Gasteiger partial charge in [0.25, 0.3) is 0 Å². The maximum Gasteiger partial charge on any atom is 0.155 e. The van der Waals surface area contributed by atoms with Crippen molar-refractivity contribution in [3.63, 3.8) is 0 Å². The van der Waals surface area contributed by atoms with Crippen LogP contribution in [0.1, 0.15) is 65.7 Å². The minimum atomic E-state index is -0.973. The summed E-state index contributed by atoms with van der Waals surface area (Å²) in [5, 5.41) is 0. The minimum absolute atomic E-state index is 0.0643. The lowest BCUT2D eigenvalue weighted by Gasteiger charge is -2.58. The van der Waals surface area contributed by atoms with E-state index in [0.29, 0.717) is 36.4 Å². The average Bonchev–Trinajstić information content (AvgIpc) is 2.87. The molecule has 0 N–H and O–H groups in total. The monoisotopic (exact) mass is 332 g/mol. The third-order valence-electron chi connectivity index (χ3n) is 8.43. The number of hydrogen-bond acceptors (Lipinski definition) is 2. The van der Waals surface area contributed by atoms with Gasteiger partial charge in [-0.3, -0.25) is 9.59 Å². The van der Waals surface area contributed by atoms with Crippen molar-refractivity contribution in [2.24, 2.45) is 34.5 Å². The van der Waals surface area contributed by atoms with Crippen molar-refractivity contribution in [3.05, 3.63) is 11.6 Å². The van der Waals surface area contributed by atoms with Crippen LogP contribution >= 0.6 is 0 Å². The smallest absolute Gasteiger partial charge is 0.155 e. The number of Topliss-reactive ketones (excluding diaryl/α,β-unsaturated/α-hetero) is 1. The van der Waals surface area contributed by atoms with Crippen molar-refractivity contribution in [1.82, 2.24) is 0 Å². The molecule has 3 saturated carbocycles. The van der Waals surface area contributed by atoms with Gasteiger partial charge in [-0.1, -0.05) is 13.8 Å². The zero-order valence-corrected chi connectivity index (χ0v) is 15.1. The molecule has 3 heteroatoms. The molecule has 3 fully saturated rings. The Balaban J connectivity index is 1.71. The third kappa shape index (κ3) is 2.05. The van der Waals surface area contributed by atoms with Gasteiger partial charge >= 0.3 is 0 Å². The topological polar surface area (TPSA) is 34.1 Å². The molecule has 0 saturated heterocycles. The maximum atomic E-state index is 15.1. The van der Waals surface area contributed by atoms with E-state index in [1.807, 2.05) is 0 Å². The summed E-state index contributed by atoms with van der Waals surface area (Å²) >= 11 is 0. The molecular weight excluding hydrogens is 303 g/mol. The third-order valence-corrected chi connectivity index (χ3v) is 8.43. The van der Waals surface area contributed by atoms with Gasteiger partial charge < -0.3 is 0 Å². The van der Waals surface area contributed by atoms with Crippen LogP contribution in [0.5, 0.6) is 0 Å². The summed E-state index contributed by atoms with van der Waals surface area (Å²) in [5.74, 6) is 1.91. The number of hydrogen-bond donors (Lipinski definition) is 0. The molecule has 0 amide bonds. The molecule has 4 aliphatic carbocycles. The second-order valence-electron chi connectivity index (χ2n) is 9.35. The van der Waals surface area contributed by atoms with Gasteiger partial charge in [-0.05, 0) is 85.7 Å². The Morgan fingerprint density at radius 1 is 1.17 bits per heavy atom. The van der Waals surface area contributed by atoms with E-state index in [-0.39, 0.29) is 22.5 Å². The highest BCUT2D eigenvalue weighted by atomic mass is 19.1. The highest BCUT2D eigenvalue weighted by Crippen LogP contribution is 2.66. The van der Waals surface area contributed by atoms with Crippen molar-refractivity contribution in [3.8, 4) is 0 Å². The number of rotatable bonds is 1. The summed E-state index contributed by atoms with van der Waals surface area (Å²) in [5.41, 5.74) is 0.699. The summed E-state index contributed by atoms with van der Waals surface area (Å²) in [6, 6.07) is 0. The fraction of sp³-hybridized carbons (Fsp3) is 0.810. The van der Waals surface area contributed by atoms with E-state index in [1.165, 1.54) is 0 Å². The number of halogens is 1. The Kier molecular flexibility index (Phi) is 3.61. The molecule has 0 aromatic heterocycles. The Morgan fingerprint density at radius 2 is 1.92 bits per heavy atom. The standard InChI is InChI=1S/C21H29FO2/c1-12(23)15-4-5-16-14-11-19(22)18-10-13(24)6-8-21(18,3)17(14)7-9-20(15,16)2/h10,14-17,19H,4-9,11H2,1-3H3/t14-,15+,16-,17-,19-,20+,21+/m0/s1. The molecule has 4 rings (SSSR count). The Hall–Kier alpha value is -0.990. The van der Waals surface area contributed by atoms with Crippen molar-refractivity contribution in [1.29, 1.82) is 0 Å². The van der Waals surface area contributed by atoms with Gasteiger partial charge in [0, 0.05) is 12.3 Å². The first-order valence-corrected chi connectivity index (χ1v) is 9.67. The maximum absolute atomic E-state index is 15.1. The van der Waals surface area contributed by atoms with Crippen molar-refractivity contribution < 1.29 is 14.0 Å². The molecule has 0 aliphatic heterocycles. The molecule has 4 aliphatic rings. The SMILES string of the molecule is CC(=O)[C@H]1CC[C@H]2[C@@H]3C[C@H](F)C4=CC(=O)CC[C@]4(C)[C@H]3CC[C@]12C. The van der Waals surface area contributed by atoms with E-state index in [9.17, 15) is 9.59 Å². The van der Waals surface area contributed by atoms with E-state index < -0.39 is 6.17 Å². The Morgan fingerprint density at radius 3 is 2.62 bits per heavy atom. The lowest BCUT2D eigenvalue weighted by atomic mass is 9.46. The predicted molar refractivity (Wildman–Crippen MR) is 91.2 cm³/mol. The number of ketones is 2. The first-order chi connectivity index (χ1) is 11.3. The molecule has 0 aromatic carbocycles. The van der Waals surface area contributed by atoms with Crippen molar-refractivity contribution in [2.75, 3.05) is 0 Å². The zero-order valence-electron chi connectivity index (χ0n) is 15.1. The van der Waals surface area contributed by atoms with Crippen LogP contribution in [0.15, 0.2) is 11.6 Å². The largest absolute Gasteiger partial charge is 0.300 e. The molecule has 0 radical (unpaired) electrons. The molecule has 0 bridgehead atoms. The highest BCUT2D eigenvalue weighted by molar-refractivity contribution is 5.91. The fourth-order valence-corrected chi connectivity index (χ4v) is 7.23. The van der Waals surface area contributed by atoms with Crippen LogP contribution < -0.4 is 0 Å². The van der Waals surface area contributed by atoms with Crippen LogP contribution in [0.3, 0.4) is 0 Å². The number of allylic oxidation sites excluding steroid dienone is 1. The normalized spacial score (nSPS) is 50.6. The van der Waals surface area contributed by atoms with Gasteiger partial charge in [-0.25, -0.2) is 4.39 Å². The van der Waals surface area contributed by atoms with Crippen LogP contribution in [-0.4, -0.2) is 17.7 Å². The lowest BCUT2D eigenvalue weighted by Crippen LogP contribution is -2.53. The summed E-state index contributed by atoms with van der Waals surface area (Å²) in [6.45, 7) is 6.23. The van der Waals surface area contributed by atoms with Gasteiger partial charge in [0.15, 0.2) is 5.78 Å². The summed E-state index contributed by atoms with van der Waals surface area (Å²) in [4.78, 5) is 24.0. The van der Waals surface area contributed by atoms with E-state index in [4.69, 9.17) is 0 Å². The fourth-order valence-electron chi connectivity index (χ4n) is 7.23. The van der Waals surface area contributed by atoms with Crippen LogP contribution in [-0.2, 0) is 9.59 Å². The van der Waals surface area contributed by atoms with Crippen molar-refractivity contribution >= 4 is 11.6 Å². The first-order valence-electron chi connectivity index (χ1n) is 9.67. The van der Waals surface area contributed by atoms with Crippen LogP contribution in [0, 0.1) is 34.5 Å². The summed E-state index contributed by atoms with van der Waals surface area (Å²) in [7, 11) is 0. The first kappa shape index (κ1) is 16.5. The van der Waals surface area contributed by atoms with E-state index in [0.717, 1.165) is 37.7 Å². The molecule has 132 valence electrons. The highest BCUT2D eigenvalue weighted by Gasteiger charge is 2.61. The molecule has 7 atom stereocenters. The van der Waals surface area contributed by atoms with Gasteiger partial charge in [0.05, 0.1) is 0 Å². The molecule has 0 spiro atoms. The molecule has 0 unspecified atom stereocenters. The number of alkyl halides is 1. The van der Waals surface area contributed by atoms with Gasteiger partial charge in [0.2, 0.25) is 0 Å². The average molecular weight is 332 g/mol. The molecule has 0 heterocycles. The second-order valence-corrected chi connectivity index (χ2v) is 9.35. The molecule has 0 aromatic rings. The van der Waals surface area contributed by atoms with E-state index >= 15 is 4.39 Å². The van der Waals surface area contributed by atoms with Crippen LogP contribution in [0.4, 0.5) is 4.39 Å². The quantitative estimate of drug-likeness (QED) is 0.699. The lowest BCUT2D eigenvalue weighted by molar-refractivity contribution is -0.129. The minimum Gasteiger partial charge on any atom is -0.300 e. The summed E-state index contributed by atoms with van der Waals surface area (Å²) in [6.07, 6.45) is 6.80.